The van der Waals surface area contributed by atoms with Gasteiger partial charge in [-0.25, -0.2) is 0 Å². The third kappa shape index (κ3) is 3.47. The summed E-state index contributed by atoms with van der Waals surface area (Å²) in [5.74, 6) is 0.204. The first kappa shape index (κ1) is 22.4. The van der Waals surface area contributed by atoms with E-state index in [2.05, 4.69) is 60.9 Å². The molecular formula is C31H19AuN3O+. The second-order valence-electron chi connectivity index (χ2n) is 8.53. The Bertz CT molecular complexity index is 1880. The van der Waals surface area contributed by atoms with Crippen LogP contribution in [0.3, 0.4) is 0 Å². The number of para-hydroxylation sites is 6. The van der Waals surface area contributed by atoms with Crippen LogP contribution < -0.4 is 9.55 Å². The molecule has 0 radical (unpaired) electrons. The molecular weight excluding hydrogens is 627 g/mol. The van der Waals surface area contributed by atoms with E-state index in [9.17, 15) is 5.11 Å². The topological polar surface area (TPSA) is 43.1 Å². The molecule has 0 fully saturated rings. The van der Waals surface area contributed by atoms with E-state index < -0.39 is 0 Å². The van der Waals surface area contributed by atoms with Crippen molar-refractivity contribution in [3.8, 4) is 28.3 Å². The first-order valence-electron chi connectivity index (χ1n) is 11.5. The van der Waals surface area contributed by atoms with Gasteiger partial charge in [0.05, 0.1) is 11.0 Å². The van der Waals surface area contributed by atoms with E-state index in [0.29, 0.717) is 5.69 Å². The minimum atomic E-state index is 0. The van der Waals surface area contributed by atoms with E-state index in [-0.39, 0.29) is 28.1 Å². The normalized spacial score (nSPS) is 11.2. The fourth-order valence-electron chi connectivity index (χ4n) is 4.83. The Hall–Kier alpha value is -4.09. The summed E-state index contributed by atoms with van der Waals surface area (Å²) in [5, 5.41) is 12.8. The van der Waals surface area contributed by atoms with Crippen LogP contribution in [0, 0.1) is 12.4 Å². The molecule has 36 heavy (non-hydrogen) atoms. The van der Waals surface area contributed by atoms with Crippen molar-refractivity contribution in [1.29, 1.82) is 0 Å². The van der Waals surface area contributed by atoms with Crippen molar-refractivity contribution in [3.05, 3.63) is 122 Å². The molecule has 7 aromatic rings. The van der Waals surface area contributed by atoms with Gasteiger partial charge in [-0.2, -0.15) is 5.52 Å². The summed E-state index contributed by atoms with van der Waals surface area (Å²) in [5.41, 5.74) is 7.45. The molecule has 2 aromatic heterocycles. The molecule has 0 aliphatic rings. The van der Waals surface area contributed by atoms with Crippen LogP contribution >= 0.6 is 0 Å². The van der Waals surface area contributed by atoms with E-state index in [1.807, 2.05) is 63.7 Å². The summed E-state index contributed by atoms with van der Waals surface area (Å²) >= 11 is 0. The maximum absolute atomic E-state index is 10.5. The summed E-state index contributed by atoms with van der Waals surface area (Å²) in [7, 11) is 0. The maximum atomic E-state index is 10.5. The number of imidazole rings is 1. The third-order valence-electron chi connectivity index (χ3n) is 6.46. The van der Waals surface area contributed by atoms with Gasteiger partial charge < -0.3 is 14.7 Å². The Morgan fingerprint density at radius 2 is 1.47 bits per heavy atom. The molecule has 0 saturated heterocycles. The molecule has 0 atom stereocenters. The van der Waals surface area contributed by atoms with Crippen molar-refractivity contribution in [2.75, 3.05) is 0 Å². The van der Waals surface area contributed by atoms with Gasteiger partial charge in [0.15, 0.2) is 0 Å². The minimum Gasteiger partial charge on any atom is -0.664 e. The van der Waals surface area contributed by atoms with Gasteiger partial charge in [-0.1, -0.05) is 78.9 Å². The Morgan fingerprint density at radius 1 is 0.722 bits per heavy atom. The van der Waals surface area contributed by atoms with Crippen molar-refractivity contribution in [1.82, 2.24) is 9.55 Å². The van der Waals surface area contributed by atoms with Crippen molar-refractivity contribution >= 4 is 32.8 Å². The molecule has 5 heteroatoms. The van der Waals surface area contributed by atoms with Crippen molar-refractivity contribution < 1.29 is 32.1 Å². The predicted molar refractivity (Wildman–Crippen MR) is 138 cm³/mol. The van der Waals surface area contributed by atoms with Crippen molar-refractivity contribution in [2.45, 2.75) is 0 Å². The maximum Gasteiger partial charge on any atom is 3.00 e. The van der Waals surface area contributed by atoms with Crippen LogP contribution in [0.2, 0.25) is 0 Å². The molecule has 0 bridgehead atoms. The van der Waals surface area contributed by atoms with E-state index in [0.717, 1.165) is 49.7 Å². The average Bonchev–Trinajstić information content (AvgIpc) is 3.48. The number of aromatic hydroxyl groups is 1. The molecule has 0 aliphatic carbocycles. The standard InChI is InChI=1S/C31H19N3O.Au/c35-30-18-6-5-17-29(30)34-20-33(27-15-3-4-16-28(27)34)22-10-7-9-21(19-22)23-12-8-13-25-24-11-1-2-14-26(24)32-31(23)25;/h1-18,35H;/q-2;+3. The van der Waals surface area contributed by atoms with E-state index in [1.165, 1.54) is 0 Å². The Kier molecular flexibility index (Phi) is 5.50. The van der Waals surface area contributed by atoms with Gasteiger partial charge in [0.1, 0.15) is 11.4 Å². The zero-order valence-corrected chi connectivity index (χ0v) is 21.1. The number of fused-ring (bicyclic) bond motifs is 4. The van der Waals surface area contributed by atoms with Gasteiger partial charge in [0.2, 0.25) is 0 Å². The molecule has 2 heterocycles. The van der Waals surface area contributed by atoms with Crippen LogP contribution in [0.15, 0.2) is 109 Å². The monoisotopic (exact) mass is 646 g/mol. The fraction of sp³-hybridized carbons (Fsp3) is 0. The van der Waals surface area contributed by atoms with Crippen LogP contribution in [0.4, 0.5) is 0 Å². The Morgan fingerprint density at radius 3 is 2.39 bits per heavy atom. The Labute approximate surface area is 223 Å². The van der Waals surface area contributed by atoms with Crippen molar-refractivity contribution in [2.24, 2.45) is 0 Å². The van der Waals surface area contributed by atoms with Gasteiger partial charge in [0.25, 0.3) is 6.33 Å². The molecule has 5 aromatic carbocycles. The van der Waals surface area contributed by atoms with Gasteiger partial charge in [-0.05, 0) is 28.6 Å². The summed E-state index contributed by atoms with van der Waals surface area (Å²) in [4.78, 5) is 4.93. The van der Waals surface area contributed by atoms with Crippen molar-refractivity contribution in [3.63, 3.8) is 0 Å². The summed E-state index contributed by atoms with van der Waals surface area (Å²) in [6, 6.07) is 39.7. The van der Waals surface area contributed by atoms with Gasteiger partial charge in [-0.15, -0.1) is 40.9 Å². The van der Waals surface area contributed by atoms with E-state index in [1.54, 1.807) is 6.07 Å². The van der Waals surface area contributed by atoms with E-state index in [4.69, 9.17) is 4.98 Å². The average molecular weight is 646 g/mol. The van der Waals surface area contributed by atoms with Crippen LogP contribution in [0.5, 0.6) is 5.75 Å². The van der Waals surface area contributed by atoms with Gasteiger partial charge in [-0.3, -0.25) is 4.57 Å². The summed E-state index contributed by atoms with van der Waals surface area (Å²) in [6.45, 7) is 0. The van der Waals surface area contributed by atoms with Crippen LogP contribution in [-0.2, 0) is 22.4 Å². The fourth-order valence-corrected chi connectivity index (χ4v) is 4.83. The molecule has 1 N–H and O–H groups in total. The number of hydrogen-bond acceptors (Lipinski definition) is 1. The van der Waals surface area contributed by atoms with Crippen LogP contribution in [0.1, 0.15) is 0 Å². The largest absolute Gasteiger partial charge is 3.00 e. The molecule has 174 valence electrons. The van der Waals surface area contributed by atoms with Gasteiger partial charge >= 0.3 is 22.4 Å². The van der Waals surface area contributed by atoms with Crippen LogP contribution in [-0.4, -0.2) is 9.67 Å². The molecule has 0 unspecified atom stereocenters. The zero-order valence-electron chi connectivity index (χ0n) is 19.0. The minimum absolute atomic E-state index is 0. The quantitative estimate of drug-likeness (QED) is 0.143. The number of rotatable bonds is 3. The second-order valence-corrected chi connectivity index (χ2v) is 8.53. The second kappa shape index (κ2) is 8.85. The molecule has 0 saturated carbocycles. The first-order valence-corrected chi connectivity index (χ1v) is 11.5. The smallest absolute Gasteiger partial charge is 0.664 e. The third-order valence-corrected chi connectivity index (χ3v) is 6.46. The number of benzene rings is 5. The molecule has 0 aliphatic heterocycles. The number of aromatic nitrogens is 3. The molecule has 4 nitrogen and oxygen atoms in total. The molecule has 0 spiro atoms. The zero-order chi connectivity index (χ0) is 23.4. The van der Waals surface area contributed by atoms with E-state index >= 15 is 0 Å². The first-order chi connectivity index (χ1) is 17.3. The summed E-state index contributed by atoms with van der Waals surface area (Å²) in [6.07, 6.45) is 3.43. The Balaban J connectivity index is 0.00000240. The van der Waals surface area contributed by atoms with Gasteiger partial charge in [0, 0.05) is 0 Å². The number of phenolic OH excluding ortho intramolecular Hbond substituents is 1. The SMILES string of the molecule is Oc1ccccc1-[n+]1[c-]n(-c2[c-]c(-c3cccc4c3[n-]c3ccccc34)ccc2)c2ccccc21.[Au+3]. The summed E-state index contributed by atoms with van der Waals surface area (Å²) < 4.78 is 3.87. The molecule has 7 rings (SSSR count). The number of nitrogens with zero attached hydrogens (tertiary/aromatic N) is 3. The number of phenols is 1. The number of hydrogen-bond donors (Lipinski definition) is 1. The van der Waals surface area contributed by atoms with Crippen LogP contribution in [0.25, 0.3) is 55.3 Å². The molecule has 0 amide bonds. The predicted octanol–water partition coefficient (Wildman–Crippen LogP) is 6.14.